The van der Waals surface area contributed by atoms with Gasteiger partial charge in [-0.05, 0) is 36.1 Å². The first-order valence-corrected chi connectivity index (χ1v) is 9.72. The molecule has 1 aliphatic rings. The predicted octanol–water partition coefficient (Wildman–Crippen LogP) is 3.97. The first kappa shape index (κ1) is 18.2. The molecule has 132 valence electrons. The van der Waals surface area contributed by atoms with Crippen LogP contribution in [0.4, 0.5) is 0 Å². The van der Waals surface area contributed by atoms with E-state index in [4.69, 9.17) is 23.2 Å². The van der Waals surface area contributed by atoms with Crippen molar-refractivity contribution in [1.82, 2.24) is 9.80 Å². The fraction of sp³-hybridized carbons (Fsp3) is 0.333. The first-order valence-electron chi connectivity index (χ1n) is 8.09. The number of hydrogen-bond donors (Lipinski definition) is 0. The van der Waals surface area contributed by atoms with Crippen molar-refractivity contribution >= 4 is 46.4 Å². The van der Waals surface area contributed by atoms with Crippen molar-refractivity contribution in [2.45, 2.75) is 12.8 Å². The standard InChI is InChI=1S/C18H18Cl2N2O2S/c19-15-5-4-13(11-16(15)20)18(24)22-7-2-6-21(8-9-22)17(23)12-14-3-1-10-25-14/h1,3-5,10-11H,2,6-9,12H2. The second-order valence-electron chi connectivity index (χ2n) is 5.91. The van der Waals surface area contributed by atoms with Crippen LogP contribution in [0.1, 0.15) is 21.7 Å². The van der Waals surface area contributed by atoms with E-state index in [0.29, 0.717) is 48.2 Å². The number of carbonyl (C=O) groups is 2. The van der Waals surface area contributed by atoms with Gasteiger partial charge < -0.3 is 9.80 Å². The molecule has 2 amide bonds. The van der Waals surface area contributed by atoms with Gasteiger partial charge in [0.15, 0.2) is 0 Å². The number of rotatable bonds is 3. The summed E-state index contributed by atoms with van der Waals surface area (Å²) in [6.07, 6.45) is 1.20. The molecular weight excluding hydrogens is 379 g/mol. The zero-order valence-corrected chi connectivity index (χ0v) is 15.9. The number of benzene rings is 1. The summed E-state index contributed by atoms with van der Waals surface area (Å²) in [5.41, 5.74) is 0.521. The molecule has 1 fully saturated rings. The molecule has 0 atom stereocenters. The maximum atomic E-state index is 12.7. The Balaban J connectivity index is 1.61. The molecule has 1 saturated heterocycles. The molecule has 1 aromatic heterocycles. The van der Waals surface area contributed by atoms with Gasteiger partial charge in [-0.3, -0.25) is 9.59 Å². The van der Waals surface area contributed by atoms with Crippen LogP contribution >= 0.6 is 34.5 Å². The summed E-state index contributed by atoms with van der Waals surface area (Å²) in [4.78, 5) is 29.8. The van der Waals surface area contributed by atoms with Crippen molar-refractivity contribution in [2.24, 2.45) is 0 Å². The SMILES string of the molecule is O=C(Cc1cccs1)N1CCCN(C(=O)c2ccc(Cl)c(Cl)c2)CC1. The van der Waals surface area contributed by atoms with Crippen LogP contribution in [0.2, 0.25) is 10.0 Å². The number of thiophene rings is 1. The van der Waals surface area contributed by atoms with E-state index < -0.39 is 0 Å². The molecule has 0 bridgehead atoms. The Morgan fingerprint density at radius 3 is 2.48 bits per heavy atom. The summed E-state index contributed by atoms with van der Waals surface area (Å²) in [6.45, 7) is 2.38. The lowest BCUT2D eigenvalue weighted by Gasteiger charge is -2.22. The van der Waals surface area contributed by atoms with Gasteiger partial charge in [0.25, 0.3) is 5.91 Å². The van der Waals surface area contributed by atoms with E-state index in [0.717, 1.165) is 11.3 Å². The molecule has 0 saturated carbocycles. The fourth-order valence-electron chi connectivity index (χ4n) is 2.86. The molecule has 0 aliphatic carbocycles. The van der Waals surface area contributed by atoms with Crippen molar-refractivity contribution in [3.63, 3.8) is 0 Å². The van der Waals surface area contributed by atoms with E-state index in [1.54, 1.807) is 34.4 Å². The normalized spacial score (nSPS) is 15.1. The summed E-state index contributed by atoms with van der Waals surface area (Å²) in [6, 6.07) is 8.83. The Morgan fingerprint density at radius 2 is 1.76 bits per heavy atom. The second kappa shape index (κ2) is 8.21. The van der Waals surface area contributed by atoms with Gasteiger partial charge in [-0.15, -0.1) is 11.3 Å². The molecule has 2 heterocycles. The fourth-order valence-corrected chi connectivity index (χ4v) is 3.85. The van der Waals surface area contributed by atoms with Crippen LogP contribution in [0.5, 0.6) is 0 Å². The maximum Gasteiger partial charge on any atom is 0.253 e. The Morgan fingerprint density at radius 1 is 1.00 bits per heavy atom. The van der Waals surface area contributed by atoms with Crippen LogP contribution in [-0.4, -0.2) is 47.8 Å². The molecule has 0 spiro atoms. The largest absolute Gasteiger partial charge is 0.341 e. The van der Waals surface area contributed by atoms with E-state index in [-0.39, 0.29) is 11.8 Å². The van der Waals surface area contributed by atoms with Crippen LogP contribution in [0.15, 0.2) is 35.7 Å². The monoisotopic (exact) mass is 396 g/mol. The highest BCUT2D eigenvalue weighted by molar-refractivity contribution is 7.10. The molecule has 7 heteroatoms. The summed E-state index contributed by atoms with van der Waals surface area (Å²) in [5, 5.41) is 2.78. The summed E-state index contributed by atoms with van der Waals surface area (Å²) >= 11 is 13.5. The van der Waals surface area contributed by atoms with Crippen LogP contribution in [-0.2, 0) is 11.2 Å². The van der Waals surface area contributed by atoms with Crippen LogP contribution in [0.25, 0.3) is 0 Å². The molecule has 2 aromatic rings. The van der Waals surface area contributed by atoms with E-state index >= 15 is 0 Å². The van der Waals surface area contributed by atoms with Gasteiger partial charge in [0, 0.05) is 36.6 Å². The molecule has 4 nitrogen and oxygen atoms in total. The zero-order chi connectivity index (χ0) is 17.8. The van der Waals surface area contributed by atoms with Crippen LogP contribution < -0.4 is 0 Å². The molecule has 1 aliphatic heterocycles. The average Bonchev–Trinajstić information content (AvgIpc) is 2.98. The smallest absolute Gasteiger partial charge is 0.253 e. The number of hydrogen-bond acceptors (Lipinski definition) is 3. The molecule has 1 aromatic carbocycles. The van der Waals surface area contributed by atoms with Crippen LogP contribution in [0, 0.1) is 0 Å². The Bertz CT molecular complexity index is 764. The van der Waals surface area contributed by atoms with Crippen molar-refractivity contribution in [3.8, 4) is 0 Å². The van der Waals surface area contributed by atoms with E-state index in [1.807, 2.05) is 22.4 Å². The first-order chi connectivity index (χ1) is 12.0. The molecule has 3 rings (SSSR count). The third-order valence-corrected chi connectivity index (χ3v) is 5.82. The highest BCUT2D eigenvalue weighted by atomic mass is 35.5. The molecule has 0 N–H and O–H groups in total. The van der Waals surface area contributed by atoms with Gasteiger partial charge in [-0.1, -0.05) is 29.3 Å². The summed E-state index contributed by atoms with van der Waals surface area (Å²) < 4.78 is 0. The molecule has 0 radical (unpaired) electrons. The maximum absolute atomic E-state index is 12.7. The number of nitrogens with zero attached hydrogens (tertiary/aromatic N) is 2. The van der Waals surface area contributed by atoms with Crippen LogP contribution in [0.3, 0.4) is 0 Å². The Kier molecular flexibility index (Phi) is 5.99. The molecular formula is C18H18Cl2N2O2S. The minimum atomic E-state index is -0.0777. The third kappa shape index (κ3) is 4.54. The predicted molar refractivity (Wildman–Crippen MR) is 102 cm³/mol. The van der Waals surface area contributed by atoms with Crippen molar-refractivity contribution in [2.75, 3.05) is 26.2 Å². The molecule has 25 heavy (non-hydrogen) atoms. The van der Waals surface area contributed by atoms with Crippen molar-refractivity contribution in [3.05, 3.63) is 56.2 Å². The van der Waals surface area contributed by atoms with E-state index in [1.165, 1.54) is 0 Å². The third-order valence-electron chi connectivity index (χ3n) is 4.21. The van der Waals surface area contributed by atoms with Gasteiger partial charge in [0.2, 0.25) is 5.91 Å². The van der Waals surface area contributed by atoms with Crippen molar-refractivity contribution in [1.29, 1.82) is 0 Å². The highest BCUT2D eigenvalue weighted by Crippen LogP contribution is 2.23. The van der Waals surface area contributed by atoms with E-state index in [9.17, 15) is 9.59 Å². The second-order valence-corrected chi connectivity index (χ2v) is 7.76. The quantitative estimate of drug-likeness (QED) is 0.787. The Hall–Kier alpha value is -1.56. The lowest BCUT2D eigenvalue weighted by atomic mass is 10.2. The highest BCUT2D eigenvalue weighted by Gasteiger charge is 2.23. The van der Waals surface area contributed by atoms with Gasteiger partial charge in [0.05, 0.1) is 16.5 Å². The number of carbonyl (C=O) groups excluding carboxylic acids is 2. The lowest BCUT2D eigenvalue weighted by molar-refractivity contribution is -0.130. The average molecular weight is 397 g/mol. The summed E-state index contributed by atoms with van der Waals surface area (Å²) in [5.74, 6) is 0.0393. The summed E-state index contributed by atoms with van der Waals surface area (Å²) in [7, 11) is 0. The van der Waals surface area contributed by atoms with Gasteiger partial charge >= 0.3 is 0 Å². The zero-order valence-electron chi connectivity index (χ0n) is 13.6. The van der Waals surface area contributed by atoms with Gasteiger partial charge in [-0.25, -0.2) is 0 Å². The van der Waals surface area contributed by atoms with Crippen molar-refractivity contribution < 1.29 is 9.59 Å². The topological polar surface area (TPSA) is 40.6 Å². The lowest BCUT2D eigenvalue weighted by Crippen LogP contribution is -2.37. The van der Waals surface area contributed by atoms with Gasteiger partial charge in [0.1, 0.15) is 0 Å². The van der Waals surface area contributed by atoms with Gasteiger partial charge in [-0.2, -0.15) is 0 Å². The minimum absolute atomic E-state index is 0.0777. The Labute approximate surface area is 160 Å². The minimum Gasteiger partial charge on any atom is -0.341 e. The molecule has 0 unspecified atom stereocenters. The number of amides is 2. The van der Waals surface area contributed by atoms with E-state index in [2.05, 4.69) is 0 Å². The number of halogens is 2.